The fourth-order valence-corrected chi connectivity index (χ4v) is 2.22. The molecule has 1 fully saturated rings. The molecule has 0 atom stereocenters. The monoisotopic (exact) mass is 230 g/mol. The van der Waals surface area contributed by atoms with Crippen LogP contribution in [-0.4, -0.2) is 46.8 Å². The zero-order valence-corrected chi connectivity index (χ0v) is 10.3. The average molecular weight is 230 g/mol. The highest BCUT2D eigenvalue weighted by atomic mass is 32.2. The van der Waals surface area contributed by atoms with Crippen molar-refractivity contribution in [3.8, 4) is 0 Å². The molecular weight excluding hydrogens is 212 g/mol. The van der Waals surface area contributed by atoms with E-state index in [1.54, 1.807) is 30.5 Å². The minimum Gasteiger partial charge on any atom is -0.341 e. The molecule has 1 heterocycles. The molecule has 4 nitrogen and oxygen atoms in total. The van der Waals surface area contributed by atoms with E-state index in [0.29, 0.717) is 6.54 Å². The summed E-state index contributed by atoms with van der Waals surface area (Å²) in [6, 6.07) is 0. The van der Waals surface area contributed by atoms with Crippen molar-refractivity contribution in [1.82, 2.24) is 10.2 Å². The van der Waals surface area contributed by atoms with E-state index >= 15 is 0 Å². The van der Waals surface area contributed by atoms with Crippen LogP contribution in [0.25, 0.3) is 0 Å². The highest BCUT2D eigenvalue weighted by Crippen LogP contribution is 2.13. The molecule has 86 valence electrons. The lowest BCUT2D eigenvalue weighted by Gasteiger charge is -2.37. The van der Waals surface area contributed by atoms with Gasteiger partial charge in [-0.3, -0.25) is 9.59 Å². The lowest BCUT2D eigenvalue weighted by Crippen LogP contribution is -2.64. The van der Waals surface area contributed by atoms with E-state index in [0.717, 1.165) is 11.5 Å². The Morgan fingerprint density at radius 1 is 1.47 bits per heavy atom. The lowest BCUT2D eigenvalue weighted by atomic mass is 10.0. The summed E-state index contributed by atoms with van der Waals surface area (Å²) in [7, 11) is 0. The molecular formula is C10H18N2O2S. The molecule has 0 radical (unpaired) electrons. The van der Waals surface area contributed by atoms with Crippen LogP contribution in [0.4, 0.5) is 0 Å². The van der Waals surface area contributed by atoms with Gasteiger partial charge >= 0.3 is 0 Å². The predicted octanol–water partition coefficient (Wildman–Crippen LogP) is 0.476. The van der Waals surface area contributed by atoms with Gasteiger partial charge in [-0.2, -0.15) is 11.8 Å². The third-order valence-corrected chi connectivity index (χ3v) is 3.20. The van der Waals surface area contributed by atoms with Crippen LogP contribution in [0.15, 0.2) is 0 Å². The van der Waals surface area contributed by atoms with Crippen LogP contribution in [0.5, 0.6) is 0 Å². The zero-order chi connectivity index (χ0) is 11.5. The first-order valence-electron chi connectivity index (χ1n) is 5.15. The van der Waals surface area contributed by atoms with Crippen LogP contribution in [-0.2, 0) is 9.59 Å². The summed E-state index contributed by atoms with van der Waals surface area (Å²) in [5.74, 6) is 1.88. The number of nitrogens with zero attached hydrogens (tertiary/aromatic N) is 1. The molecule has 1 rings (SSSR count). The zero-order valence-electron chi connectivity index (χ0n) is 9.50. The van der Waals surface area contributed by atoms with Gasteiger partial charge in [0.2, 0.25) is 11.8 Å². The molecule has 0 bridgehead atoms. The number of nitrogens with one attached hydrogen (secondary N) is 1. The van der Waals surface area contributed by atoms with Gasteiger partial charge in [0.1, 0.15) is 5.54 Å². The van der Waals surface area contributed by atoms with Gasteiger partial charge in [0.05, 0.1) is 6.54 Å². The van der Waals surface area contributed by atoms with Gasteiger partial charge in [0.25, 0.3) is 0 Å². The molecule has 15 heavy (non-hydrogen) atoms. The molecule has 0 aromatic carbocycles. The molecule has 0 aromatic heterocycles. The van der Waals surface area contributed by atoms with E-state index in [9.17, 15) is 9.59 Å². The van der Waals surface area contributed by atoms with Crippen LogP contribution in [0.3, 0.4) is 0 Å². The van der Waals surface area contributed by atoms with Gasteiger partial charge in [-0.15, -0.1) is 0 Å². The SMILES string of the molecule is CCSCCN1CC(=O)NC(C)(C)C1=O. The Labute approximate surface area is 94.8 Å². The van der Waals surface area contributed by atoms with Crippen molar-refractivity contribution in [2.45, 2.75) is 26.3 Å². The molecule has 1 saturated heterocycles. The minimum atomic E-state index is -0.744. The second-order valence-corrected chi connectivity index (χ2v) is 5.49. The van der Waals surface area contributed by atoms with Crippen molar-refractivity contribution in [3.05, 3.63) is 0 Å². The van der Waals surface area contributed by atoms with E-state index in [1.807, 2.05) is 0 Å². The first-order valence-corrected chi connectivity index (χ1v) is 6.31. The Hall–Kier alpha value is -0.710. The Bertz CT molecular complexity index is 266. The maximum Gasteiger partial charge on any atom is 0.248 e. The molecule has 0 aliphatic carbocycles. The van der Waals surface area contributed by atoms with E-state index in [1.165, 1.54) is 0 Å². The molecule has 2 amide bonds. The molecule has 0 aromatic rings. The van der Waals surface area contributed by atoms with Crippen LogP contribution in [0.1, 0.15) is 20.8 Å². The molecule has 0 unspecified atom stereocenters. The maximum absolute atomic E-state index is 11.9. The van der Waals surface area contributed by atoms with E-state index in [4.69, 9.17) is 0 Å². The molecule has 1 N–H and O–H groups in total. The largest absolute Gasteiger partial charge is 0.341 e. The summed E-state index contributed by atoms with van der Waals surface area (Å²) in [5.41, 5.74) is -0.744. The van der Waals surface area contributed by atoms with Gasteiger partial charge in [-0.1, -0.05) is 6.92 Å². The van der Waals surface area contributed by atoms with Crippen molar-refractivity contribution in [2.24, 2.45) is 0 Å². The molecule has 5 heteroatoms. The summed E-state index contributed by atoms with van der Waals surface area (Å²) >= 11 is 1.78. The normalized spacial score (nSPS) is 20.3. The van der Waals surface area contributed by atoms with Crippen LogP contribution < -0.4 is 5.32 Å². The smallest absolute Gasteiger partial charge is 0.248 e. The maximum atomic E-state index is 11.9. The standard InChI is InChI=1S/C10H18N2O2S/c1-4-15-6-5-12-7-8(13)11-10(2,3)9(12)14/h4-7H2,1-3H3,(H,11,13). The molecule has 1 aliphatic rings. The average Bonchev–Trinajstić information content (AvgIpc) is 2.13. The number of piperazine rings is 1. The topological polar surface area (TPSA) is 49.4 Å². The van der Waals surface area contributed by atoms with Gasteiger partial charge in [0, 0.05) is 12.3 Å². The lowest BCUT2D eigenvalue weighted by molar-refractivity contribution is -0.148. The summed E-state index contributed by atoms with van der Waals surface area (Å²) in [4.78, 5) is 24.9. The van der Waals surface area contributed by atoms with Crippen molar-refractivity contribution >= 4 is 23.6 Å². The first kappa shape index (κ1) is 12.4. The third-order valence-electron chi connectivity index (χ3n) is 2.32. The Morgan fingerprint density at radius 2 is 2.13 bits per heavy atom. The van der Waals surface area contributed by atoms with Gasteiger partial charge in [0.15, 0.2) is 0 Å². The summed E-state index contributed by atoms with van der Waals surface area (Å²) in [5, 5.41) is 2.69. The Morgan fingerprint density at radius 3 is 2.73 bits per heavy atom. The van der Waals surface area contributed by atoms with Gasteiger partial charge in [-0.05, 0) is 19.6 Å². The number of hydrogen-bond acceptors (Lipinski definition) is 3. The summed E-state index contributed by atoms with van der Waals surface area (Å²) in [6.07, 6.45) is 0. The van der Waals surface area contributed by atoms with Gasteiger partial charge in [-0.25, -0.2) is 0 Å². The van der Waals surface area contributed by atoms with Crippen molar-refractivity contribution in [2.75, 3.05) is 24.6 Å². The number of amides is 2. The van der Waals surface area contributed by atoms with Crippen molar-refractivity contribution < 1.29 is 9.59 Å². The summed E-state index contributed by atoms with van der Waals surface area (Å²) in [6.45, 7) is 6.43. The molecule has 0 saturated carbocycles. The number of carbonyl (C=O) groups is 2. The van der Waals surface area contributed by atoms with Crippen LogP contribution in [0, 0.1) is 0 Å². The number of hydrogen-bond donors (Lipinski definition) is 1. The number of rotatable bonds is 4. The van der Waals surface area contributed by atoms with Crippen molar-refractivity contribution in [3.63, 3.8) is 0 Å². The number of thioether (sulfide) groups is 1. The van der Waals surface area contributed by atoms with Gasteiger partial charge < -0.3 is 10.2 Å². The first-order chi connectivity index (χ1) is 6.97. The molecule has 1 aliphatic heterocycles. The second kappa shape index (κ2) is 4.88. The quantitative estimate of drug-likeness (QED) is 0.715. The fraction of sp³-hybridized carbons (Fsp3) is 0.800. The van der Waals surface area contributed by atoms with Crippen molar-refractivity contribution in [1.29, 1.82) is 0 Å². The highest BCUT2D eigenvalue weighted by molar-refractivity contribution is 7.99. The second-order valence-electron chi connectivity index (χ2n) is 4.10. The van der Waals surface area contributed by atoms with E-state index < -0.39 is 5.54 Å². The molecule has 0 spiro atoms. The van der Waals surface area contributed by atoms with Crippen LogP contribution >= 0.6 is 11.8 Å². The number of carbonyl (C=O) groups excluding carboxylic acids is 2. The third kappa shape index (κ3) is 3.12. The van der Waals surface area contributed by atoms with Crippen LogP contribution in [0.2, 0.25) is 0 Å². The Balaban J connectivity index is 2.55. The van der Waals surface area contributed by atoms with E-state index in [2.05, 4.69) is 12.2 Å². The van der Waals surface area contributed by atoms with E-state index in [-0.39, 0.29) is 18.4 Å². The summed E-state index contributed by atoms with van der Waals surface area (Å²) < 4.78 is 0. The predicted molar refractivity (Wildman–Crippen MR) is 61.8 cm³/mol. The highest BCUT2D eigenvalue weighted by Gasteiger charge is 2.38. The minimum absolute atomic E-state index is 0.0128. The Kier molecular flexibility index (Phi) is 4.02. The fourth-order valence-electron chi connectivity index (χ4n) is 1.58.